The van der Waals surface area contributed by atoms with Crippen molar-refractivity contribution in [3.05, 3.63) is 89.7 Å². The highest BCUT2D eigenvalue weighted by atomic mass is 32.1. The third-order valence-corrected chi connectivity index (χ3v) is 5.06. The molecule has 0 aliphatic rings. The molecule has 4 rings (SSSR count). The number of amides is 1. The average molecular weight is 401 g/mol. The molecule has 0 aliphatic carbocycles. The van der Waals surface area contributed by atoms with Gasteiger partial charge in [-0.3, -0.25) is 10.1 Å². The summed E-state index contributed by atoms with van der Waals surface area (Å²) in [5.41, 5.74) is 4.13. The first-order valence-corrected chi connectivity index (χ1v) is 9.69. The highest BCUT2D eigenvalue weighted by molar-refractivity contribution is 7.80. The number of fused-ring (bicyclic) bond motifs is 1. The molecule has 0 atom stereocenters. The normalized spacial score (nSPS) is 10.7. The molecule has 0 aliphatic heterocycles. The van der Waals surface area contributed by atoms with Gasteiger partial charge >= 0.3 is 0 Å². The fourth-order valence-corrected chi connectivity index (χ4v) is 3.31. The van der Waals surface area contributed by atoms with Crippen LogP contribution in [-0.2, 0) is 0 Å². The Hall–Kier alpha value is -3.44. The number of hydrogen-bond donors (Lipinski definition) is 2. The zero-order valence-electron chi connectivity index (χ0n) is 16.2. The molecule has 1 heterocycles. The predicted octanol–water partition coefficient (Wildman–Crippen LogP) is 5.84. The van der Waals surface area contributed by atoms with Gasteiger partial charge in [0.15, 0.2) is 10.9 Å². The molecule has 0 spiro atoms. The molecule has 144 valence electrons. The molecule has 0 saturated carbocycles. The molecule has 0 fully saturated rings. The molecule has 3 aromatic carbocycles. The van der Waals surface area contributed by atoms with Gasteiger partial charge in [0.25, 0.3) is 5.91 Å². The number of aryl methyl sites for hydroxylation is 2. The van der Waals surface area contributed by atoms with Crippen molar-refractivity contribution in [3.8, 4) is 11.3 Å². The molecular weight excluding hydrogens is 380 g/mol. The summed E-state index contributed by atoms with van der Waals surface area (Å²) in [5, 5.41) is 8.16. The number of benzene rings is 3. The van der Waals surface area contributed by atoms with E-state index in [2.05, 4.69) is 17.6 Å². The number of rotatable bonds is 3. The van der Waals surface area contributed by atoms with Crippen LogP contribution >= 0.6 is 12.2 Å². The summed E-state index contributed by atoms with van der Waals surface area (Å²) in [6, 6.07) is 23.5. The minimum Gasteiger partial charge on any atom is -0.451 e. The van der Waals surface area contributed by atoms with Gasteiger partial charge in [0.2, 0.25) is 0 Å². The number of nitrogens with one attached hydrogen (secondary N) is 2. The Morgan fingerprint density at radius 2 is 1.66 bits per heavy atom. The summed E-state index contributed by atoms with van der Waals surface area (Å²) < 4.78 is 5.74. The van der Waals surface area contributed by atoms with Crippen LogP contribution < -0.4 is 10.6 Å². The van der Waals surface area contributed by atoms with Gasteiger partial charge in [-0.05, 0) is 78.3 Å². The van der Waals surface area contributed by atoms with Gasteiger partial charge in [-0.15, -0.1) is 0 Å². The second-order valence-electron chi connectivity index (χ2n) is 6.93. The summed E-state index contributed by atoms with van der Waals surface area (Å²) in [5.74, 6) is 0.464. The van der Waals surface area contributed by atoms with Crippen molar-refractivity contribution in [2.24, 2.45) is 0 Å². The maximum Gasteiger partial charge on any atom is 0.293 e. The van der Waals surface area contributed by atoms with Gasteiger partial charge < -0.3 is 9.73 Å². The fourth-order valence-electron chi connectivity index (χ4n) is 3.10. The lowest BCUT2D eigenvalue weighted by molar-refractivity contribution is 0.0951. The molecule has 0 radical (unpaired) electrons. The van der Waals surface area contributed by atoms with E-state index in [1.807, 2.05) is 67.6 Å². The Kier molecular flexibility index (Phi) is 5.14. The summed E-state index contributed by atoms with van der Waals surface area (Å²) >= 11 is 5.28. The van der Waals surface area contributed by atoms with Crippen LogP contribution in [-0.4, -0.2) is 11.0 Å². The first-order chi connectivity index (χ1) is 14.0. The minimum atomic E-state index is -0.390. The standard InChI is InChI=1S/C24H20N2O2S/c1-15-7-8-19(13-16(15)2)21-11-12-22(28-21)23(27)26-24(29)25-20-10-9-17-5-3-4-6-18(17)14-20/h3-14H,1-2H3,(H2,25,26,27,29). The van der Waals surface area contributed by atoms with Crippen molar-refractivity contribution < 1.29 is 9.21 Å². The number of anilines is 1. The molecule has 0 bridgehead atoms. The molecule has 1 amide bonds. The van der Waals surface area contributed by atoms with Crippen LogP contribution in [0.2, 0.25) is 0 Å². The van der Waals surface area contributed by atoms with Crippen LogP contribution in [0.25, 0.3) is 22.1 Å². The van der Waals surface area contributed by atoms with E-state index < -0.39 is 5.91 Å². The molecule has 5 heteroatoms. The zero-order chi connectivity index (χ0) is 20.4. The van der Waals surface area contributed by atoms with Crippen LogP contribution in [0.15, 0.2) is 77.2 Å². The van der Waals surface area contributed by atoms with Gasteiger partial charge in [-0.1, -0.05) is 42.5 Å². The van der Waals surface area contributed by atoms with Crippen LogP contribution in [0.3, 0.4) is 0 Å². The summed E-state index contributed by atoms with van der Waals surface area (Å²) in [7, 11) is 0. The second kappa shape index (κ2) is 7.89. The van der Waals surface area contributed by atoms with E-state index >= 15 is 0 Å². The number of carbonyl (C=O) groups is 1. The van der Waals surface area contributed by atoms with Gasteiger partial charge in [0.1, 0.15) is 5.76 Å². The molecule has 4 nitrogen and oxygen atoms in total. The van der Waals surface area contributed by atoms with Gasteiger partial charge in [0.05, 0.1) is 0 Å². The summed E-state index contributed by atoms with van der Waals surface area (Å²) in [4.78, 5) is 12.5. The molecule has 2 N–H and O–H groups in total. The van der Waals surface area contributed by atoms with E-state index in [-0.39, 0.29) is 10.9 Å². The topological polar surface area (TPSA) is 54.3 Å². The maximum atomic E-state index is 12.5. The highest BCUT2D eigenvalue weighted by Gasteiger charge is 2.14. The van der Waals surface area contributed by atoms with Crippen molar-refractivity contribution in [2.45, 2.75) is 13.8 Å². The monoisotopic (exact) mass is 400 g/mol. The van der Waals surface area contributed by atoms with Crippen LogP contribution in [0, 0.1) is 13.8 Å². The first kappa shape index (κ1) is 18.9. The summed E-state index contributed by atoms with van der Waals surface area (Å²) in [6.07, 6.45) is 0. The van der Waals surface area contributed by atoms with Gasteiger partial charge in [-0.25, -0.2) is 0 Å². The lowest BCUT2D eigenvalue weighted by Crippen LogP contribution is -2.33. The molecule has 4 aromatic rings. The smallest absolute Gasteiger partial charge is 0.293 e. The molecule has 0 unspecified atom stereocenters. The third kappa shape index (κ3) is 4.20. The van der Waals surface area contributed by atoms with E-state index in [1.54, 1.807) is 12.1 Å². The van der Waals surface area contributed by atoms with Gasteiger partial charge in [0, 0.05) is 11.3 Å². The zero-order valence-corrected chi connectivity index (χ0v) is 17.0. The van der Waals surface area contributed by atoms with Crippen molar-refractivity contribution >= 4 is 39.7 Å². The molecular formula is C24H20N2O2S. The van der Waals surface area contributed by atoms with Gasteiger partial charge in [-0.2, -0.15) is 0 Å². The van der Waals surface area contributed by atoms with Crippen LogP contribution in [0.1, 0.15) is 21.7 Å². The third-order valence-electron chi connectivity index (χ3n) is 4.86. The van der Waals surface area contributed by atoms with E-state index in [9.17, 15) is 4.79 Å². The number of hydrogen-bond acceptors (Lipinski definition) is 3. The Labute approximate surface area is 174 Å². The summed E-state index contributed by atoms with van der Waals surface area (Å²) in [6.45, 7) is 4.11. The lowest BCUT2D eigenvalue weighted by Gasteiger charge is -2.09. The van der Waals surface area contributed by atoms with Crippen molar-refractivity contribution in [1.29, 1.82) is 0 Å². The van der Waals surface area contributed by atoms with E-state index in [0.29, 0.717) is 5.76 Å². The molecule has 0 saturated heterocycles. The average Bonchev–Trinajstić information content (AvgIpc) is 3.20. The first-order valence-electron chi connectivity index (χ1n) is 9.28. The van der Waals surface area contributed by atoms with Crippen LogP contribution in [0.5, 0.6) is 0 Å². The van der Waals surface area contributed by atoms with Crippen molar-refractivity contribution in [2.75, 3.05) is 5.32 Å². The van der Waals surface area contributed by atoms with E-state index in [0.717, 1.165) is 22.0 Å². The largest absolute Gasteiger partial charge is 0.451 e. The number of furan rings is 1. The molecule has 29 heavy (non-hydrogen) atoms. The predicted molar refractivity (Wildman–Crippen MR) is 121 cm³/mol. The quantitative estimate of drug-likeness (QED) is 0.424. The SMILES string of the molecule is Cc1ccc(-c2ccc(C(=O)NC(=S)Nc3ccc4ccccc4c3)o2)cc1C. The maximum absolute atomic E-state index is 12.5. The number of carbonyl (C=O) groups excluding carboxylic acids is 1. The Bertz CT molecular complexity index is 1230. The lowest BCUT2D eigenvalue weighted by atomic mass is 10.1. The fraction of sp³-hybridized carbons (Fsp3) is 0.0833. The second-order valence-corrected chi connectivity index (χ2v) is 7.34. The van der Waals surface area contributed by atoms with Crippen molar-refractivity contribution in [3.63, 3.8) is 0 Å². The Morgan fingerprint density at radius 3 is 2.45 bits per heavy atom. The van der Waals surface area contributed by atoms with Crippen molar-refractivity contribution in [1.82, 2.24) is 5.32 Å². The molecule has 1 aromatic heterocycles. The Balaban J connectivity index is 1.44. The number of thiocarbonyl (C=S) groups is 1. The van der Waals surface area contributed by atoms with E-state index in [1.165, 1.54) is 11.1 Å². The Morgan fingerprint density at radius 1 is 0.862 bits per heavy atom. The highest BCUT2D eigenvalue weighted by Crippen LogP contribution is 2.24. The van der Waals surface area contributed by atoms with Crippen LogP contribution in [0.4, 0.5) is 5.69 Å². The van der Waals surface area contributed by atoms with E-state index in [4.69, 9.17) is 16.6 Å². The minimum absolute atomic E-state index is 0.209.